The van der Waals surface area contributed by atoms with Crippen LogP contribution in [0.2, 0.25) is 0 Å². The molecule has 0 aromatic rings. The molecule has 1 aliphatic heterocycles. The van der Waals surface area contributed by atoms with Gasteiger partial charge in [-0.05, 0) is 25.6 Å². The lowest BCUT2D eigenvalue weighted by molar-refractivity contribution is -0.916. The number of halogens is 2. The second-order valence-electron chi connectivity index (χ2n) is 5.71. The fourth-order valence-electron chi connectivity index (χ4n) is 2.41. The number of piperazine rings is 1. The Bertz CT molecular complexity index is 263. The second kappa shape index (κ2) is 6.23. The fourth-order valence-corrected chi connectivity index (χ4v) is 2.46. The monoisotopic (exact) mass is 283 g/mol. The third-order valence-corrected chi connectivity index (χ3v) is 3.81. The third-order valence-electron chi connectivity index (χ3n) is 3.30. The number of nitrogens with one attached hydrogen (secondary N) is 1. The first-order valence-corrected chi connectivity index (χ1v) is 6.13. The SMILES string of the molecule is CC(=O)N1CC[N+](C)(CC(C)(C)NCl)CC1.[Cl-]. The van der Waals surface area contributed by atoms with Gasteiger partial charge in [0.15, 0.2) is 0 Å². The lowest BCUT2D eigenvalue weighted by atomic mass is 10.0. The molecule has 1 N–H and O–H groups in total. The van der Waals surface area contributed by atoms with Crippen LogP contribution in [-0.4, -0.2) is 60.6 Å². The second-order valence-corrected chi connectivity index (χ2v) is 5.90. The zero-order chi connectivity index (χ0) is 12.4. The molecule has 1 saturated heterocycles. The number of hydrogen-bond donors (Lipinski definition) is 1. The Morgan fingerprint density at radius 3 is 2.24 bits per heavy atom. The lowest BCUT2D eigenvalue weighted by Gasteiger charge is -2.45. The summed E-state index contributed by atoms with van der Waals surface area (Å²) in [6.07, 6.45) is 0. The molecule has 17 heavy (non-hydrogen) atoms. The number of nitrogens with zero attached hydrogens (tertiary/aromatic N) is 2. The maximum atomic E-state index is 11.2. The van der Waals surface area contributed by atoms with Crippen molar-refractivity contribution >= 4 is 17.7 Å². The summed E-state index contributed by atoms with van der Waals surface area (Å²) in [5.74, 6) is 0.181. The van der Waals surface area contributed by atoms with Crippen molar-refractivity contribution in [2.45, 2.75) is 26.3 Å². The van der Waals surface area contributed by atoms with Crippen molar-refractivity contribution in [3.8, 4) is 0 Å². The molecule has 6 heteroatoms. The summed E-state index contributed by atoms with van der Waals surface area (Å²) in [6, 6.07) is 0. The van der Waals surface area contributed by atoms with Gasteiger partial charge >= 0.3 is 0 Å². The summed E-state index contributed by atoms with van der Waals surface area (Å²) in [7, 11) is 2.23. The van der Waals surface area contributed by atoms with Crippen molar-refractivity contribution in [2.24, 2.45) is 0 Å². The Hall–Kier alpha value is -0.0300. The molecule has 0 radical (unpaired) electrons. The van der Waals surface area contributed by atoms with Gasteiger partial charge in [0.25, 0.3) is 0 Å². The van der Waals surface area contributed by atoms with Crippen molar-refractivity contribution in [3.63, 3.8) is 0 Å². The van der Waals surface area contributed by atoms with E-state index in [9.17, 15) is 4.79 Å². The van der Waals surface area contributed by atoms with Gasteiger partial charge in [0, 0.05) is 6.92 Å². The average Bonchev–Trinajstić information content (AvgIpc) is 2.17. The summed E-state index contributed by atoms with van der Waals surface area (Å²) in [4.78, 5) is 16.0. The van der Waals surface area contributed by atoms with E-state index in [4.69, 9.17) is 11.8 Å². The summed E-state index contributed by atoms with van der Waals surface area (Å²) >= 11 is 5.73. The summed E-state index contributed by atoms with van der Waals surface area (Å²) in [5, 5.41) is 0. The van der Waals surface area contributed by atoms with Crippen LogP contribution >= 0.6 is 11.8 Å². The number of carbonyl (C=O) groups is 1. The molecule has 0 aromatic carbocycles. The van der Waals surface area contributed by atoms with Gasteiger partial charge in [-0.3, -0.25) is 4.79 Å². The first-order chi connectivity index (χ1) is 7.28. The van der Waals surface area contributed by atoms with Crippen LogP contribution in [0.4, 0.5) is 0 Å². The predicted octanol–water partition coefficient (Wildman–Crippen LogP) is -2.18. The fraction of sp³-hybridized carbons (Fsp3) is 0.909. The maximum absolute atomic E-state index is 11.2. The topological polar surface area (TPSA) is 32.3 Å². The molecule has 0 aromatic heterocycles. The number of carbonyl (C=O) groups excluding carboxylic acids is 1. The molecule has 102 valence electrons. The number of quaternary nitrogens is 1. The van der Waals surface area contributed by atoms with Crippen LogP contribution in [0, 0.1) is 0 Å². The van der Waals surface area contributed by atoms with Crippen LogP contribution in [0.15, 0.2) is 0 Å². The van der Waals surface area contributed by atoms with Gasteiger partial charge in [-0.1, -0.05) is 0 Å². The van der Waals surface area contributed by atoms with E-state index < -0.39 is 0 Å². The molecule has 0 spiro atoms. The highest BCUT2D eigenvalue weighted by molar-refractivity contribution is 6.13. The smallest absolute Gasteiger partial charge is 0.219 e. The Labute approximate surface area is 115 Å². The number of amides is 1. The highest BCUT2D eigenvalue weighted by atomic mass is 35.5. The molecule has 1 amide bonds. The van der Waals surface area contributed by atoms with Crippen LogP contribution in [0.3, 0.4) is 0 Å². The quantitative estimate of drug-likeness (QED) is 0.472. The molecule has 0 unspecified atom stereocenters. The largest absolute Gasteiger partial charge is 1.00 e. The van der Waals surface area contributed by atoms with Crippen LogP contribution < -0.4 is 17.2 Å². The van der Waals surface area contributed by atoms with E-state index in [1.807, 2.05) is 4.90 Å². The number of rotatable bonds is 3. The van der Waals surface area contributed by atoms with E-state index in [2.05, 4.69) is 25.7 Å². The molecular formula is C11H23Cl2N3O. The minimum atomic E-state index is -0.0747. The van der Waals surface area contributed by atoms with Gasteiger partial charge in [-0.2, -0.15) is 0 Å². The summed E-state index contributed by atoms with van der Waals surface area (Å²) in [6.45, 7) is 10.5. The number of hydrogen-bond acceptors (Lipinski definition) is 2. The van der Waals surface area contributed by atoms with Gasteiger partial charge in [0.05, 0.1) is 45.3 Å². The van der Waals surface area contributed by atoms with E-state index in [0.717, 1.165) is 37.2 Å². The highest BCUT2D eigenvalue weighted by Gasteiger charge is 2.35. The zero-order valence-electron chi connectivity index (χ0n) is 11.1. The number of likely N-dealkylation sites (N-methyl/N-ethyl adjacent to an activating group) is 1. The Morgan fingerprint density at radius 1 is 1.41 bits per heavy atom. The van der Waals surface area contributed by atoms with Gasteiger partial charge in [0.1, 0.15) is 0 Å². The van der Waals surface area contributed by atoms with Gasteiger partial charge in [-0.15, -0.1) is 0 Å². The first kappa shape index (κ1) is 17.0. The van der Waals surface area contributed by atoms with Crippen LogP contribution in [0.1, 0.15) is 20.8 Å². The molecule has 1 rings (SSSR count). The Balaban J connectivity index is 0.00000256. The van der Waals surface area contributed by atoms with Crippen molar-refractivity contribution in [1.82, 2.24) is 9.74 Å². The normalized spacial score (nSPS) is 19.7. The van der Waals surface area contributed by atoms with Crippen molar-refractivity contribution in [3.05, 3.63) is 0 Å². The average molecular weight is 284 g/mol. The third kappa shape index (κ3) is 5.00. The van der Waals surface area contributed by atoms with E-state index in [0.29, 0.717) is 0 Å². The molecule has 1 aliphatic rings. The first-order valence-electron chi connectivity index (χ1n) is 5.75. The minimum absolute atomic E-state index is 0. The van der Waals surface area contributed by atoms with Crippen LogP contribution in [0.25, 0.3) is 0 Å². The Kier molecular flexibility index (Phi) is 6.22. The maximum Gasteiger partial charge on any atom is 0.219 e. The van der Waals surface area contributed by atoms with Crippen molar-refractivity contribution in [2.75, 3.05) is 39.8 Å². The molecule has 1 fully saturated rings. The van der Waals surface area contributed by atoms with Crippen LogP contribution in [-0.2, 0) is 4.79 Å². The van der Waals surface area contributed by atoms with Crippen LogP contribution in [0.5, 0.6) is 0 Å². The molecule has 0 aliphatic carbocycles. The molecule has 1 heterocycles. The standard InChI is InChI=1S/C11H23ClN3O.ClH/c1-10(16)14-5-7-15(4,8-6-14)9-11(2,3)13-12;/h13H,5-9H2,1-4H3;1H/q+1;/p-1. The minimum Gasteiger partial charge on any atom is -1.00 e. The van der Waals surface area contributed by atoms with Gasteiger partial charge < -0.3 is 21.8 Å². The molecule has 0 atom stereocenters. The molecule has 0 bridgehead atoms. The van der Waals surface area contributed by atoms with E-state index in [-0.39, 0.29) is 23.9 Å². The van der Waals surface area contributed by atoms with Gasteiger partial charge in [0.2, 0.25) is 5.91 Å². The summed E-state index contributed by atoms with van der Waals surface area (Å²) < 4.78 is 0.969. The van der Waals surface area contributed by atoms with Crippen molar-refractivity contribution in [1.29, 1.82) is 0 Å². The summed E-state index contributed by atoms with van der Waals surface area (Å²) in [5.41, 5.74) is -0.0747. The van der Waals surface area contributed by atoms with Gasteiger partial charge in [-0.25, -0.2) is 4.84 Å². The molecule has 0 saturated carbocycles. The zero-order valence-corrected chi connectivity index (χ0v) is 12.6. The highest BCUT2D eigenvalue weighted by Crippen LogP contribution is 2.16. The van der Waals surface area contributed by atoms with E-state index in [1.165, 1.54) is 0 Å². The lowest BCUT2D eigenvalue weighted by Crippen LogP contribution is -3.00. The Morgan fingerprint density at radius 2 is 1.88 bits per heavy atom. The van der Waals surface area contributed by atoms with E-state index in [1.54, 1.807) is 6.92 Å². The van der Waals surface area contributed by atoms with E-state index >= 15 is 0 Å². The molecule has 4 nitrogen and oxygen atoms in total. The van der Waals surface area contributed by atoms with Crippen molar-refractivity contribution < 1.29 is 21.7 Å². The molecular weight excluding hydrogens is 261 g/mol. The predicted molar refractivity (Wildman–Crippen MR) is 66.1 cm³/mol.